The number of nitrogens with one attached hydrogen (secondary N) is 1. The molecule has 1 saturated carbocycles. The summed E-state index contributed by atoms with van der Waals surface area (Å²) >= 11 is 0. The highest BCUT2D eigenvalue weighted by Crippen LogP contribution is 2.31. The van der Waals surface area contributed by atoms with Crippen LogP contribution in [-0.2, 0) is 13.0 Å². The lowest BCUT2D eigenvalue weighted by Crippen LogP contribution is -2.38. The maximum atomic E-state index is 12.6. The van der Waals surface area contributed by atoms with Crippen molar-refractivity contribution in [3.63, 3.8) is 0 Å². The first kappa shape index (κ1) is 18.2. The monoisotopic (exact) mass is 367 g/mol. The van der Waals surface area contributed by atoms with Gasteiger partial charge in [-0.05, 0) is 50.3 Å². The van der Waals surface area contributed by atoms with Crippen molar-refractivity contribution in [3.05, 3.63) is 56.8 Å². The van der Waals surface area contributed by atoms with E-state index in [0.717, 1.165) is 48.6 Å². The average molecular weight is 367 g/mol. The largest absolute Gasteiger partial charge is 0.478 e. The fourth-order valence-electron chi connectivity index (χ4n) is 4.23. The molecular formula is C22H29N3O2. The molecule has 27 heavy (non-hydrogen) atoms. The van der Waals surface area contributed by atoms with E-state index in [4.69, 9.17) is 9.72 Å². The van der Waals surface area contributed by atoms with Crippen LogP contribution in [0.4, 0.5) is 0 Å². The highest BCUT2D eigenvalue weighted by atomic mass is 16.5. The molecule has 0 bridgehead atoms. The molecule has 1 aromatic heterocycles. The lowest BCUT2D eigenvalue weighted by atomic mass is 9.88. The van der Waals surface area contributed by atoms with Gasteiger partial charge in [-0.2, -0.15) is 0 Å². The van der Waals surface area contributed by atoms with Crippen LogP contribution in [-0.4, -0.2) is 28.1 Å². The molecule has 1 aromatic carbocycles. The van der Waals surface area contributed by atoms with Gasteiger partial charge in [0, 0.05) is 24.6 Å². The molecule has 0 atom stereocenters. The molecule has 5 nitrogen and oxygen atoms in total. The highest BCUT2D eigenvalue weighted by molar-refractivity contribution is 5.38. The van der Waals surface area contributed by atoms with Gasteiger partial charge in [0.2, 0.25) is 0 Å². The summed E-state index contributed by atoms with van der Waals surface area (Å²) in [6.45, 7) is 6.22. The zero-order valence-electron chi connectivity index (χ0n) is 16.4. The Morgan fingerprint density at radius 1 is 1.22 bits per heavy atom. The molecule has 2 aromatic rings. The van der Waals surface area contributed by atoms with E-state index in [0.29, 0.717) is 19.2 Å². The second-order valence-electron chi connectivity index (χ2n) is 7.99. The summed E-state index contributed by atoms with van der Waals surface area (Å²) in [7, 11) is 0. The standard InChI is InChI=1S/C22H29N3O2/c1-15-7-6-10-20(16(15)2)27-14-25-12-11-18-19(13-25)23-21(24-22(18)26)17-8-4-3-5-9-17/h6-7,10,17H,3-5,8-9,11-14H2,1-2H3,(H,23,24,26). The van der Waals surface area contributed by atoms with Crippen molar-refractivity contribution < 1.29 is 4.74 Å². The molecule has 144 valence electrons. The van der Waals surface area contributed by atoms with Crippen molar-refractivity contribution in [3.8, 4) is 5.75 Å². The number of fused-ring (bicyclic) bond motifs is 1. The van der Waals surface area contributed by atoms with E-state index in [1.807, 2.05) is 12.1 Å². The van der Waals surface area contributed by atoms with Gasteiger partial charge in [-0.3, -0.25) is 9.69 Å². The molecule has 1 N–H and O–H groups in total. The van der Waals surface area contributed by atoms with Crippen molar-refractivity contribution in [2.24, 2.45) is 0 Å². The van der Waals surface area contributed by atoms with Crippen LogP contribution in [0, 0.1) is 13.8 Å². The normalized spacial score (nSPS) is 18.3. The minimum atomic E-state index is 0.0654. The molecule has 0 amide bonds. The van der Waals surface area contributed by atoms with Crippen LogP contribution >= 0.6 is 0 Å². The second kappa shape index (κ2) is 7.85. The lowest BCUT2D eigenvalue weighted by Gasteiger charge is -2.29. The number of hydrogen-bond donors (Lipinski definition) is 1. The minimum absolute atomic E-state index is 0.0654. The summed E-state index contributed by atoms with van der Waals surface area (Å²) in [6, 6.07) is 6.15. The van der Waals surface area contributed by atoms with Gasteiger partial charge in [0.25, 0.3) is 5.56 Å². The summed E-state index contributed by atoms with van der Waals surface area (Å²) in [6.07, 6.45) is 6.79. The summed E-state index contributed by atoms with van der Waals surface area (Å²) in [5.74, 6) is 2.25. The van der Waals surface area contributed by atoms with Crippen molar-refractivity contribution in [1.82, 2.24) is 14.9 Å². The van der Waals surface area contributed by atoms with Gasteiger partial charge in [-0.25, -0.2) is 4.98 Å². The molecule has 1 fully saturated rings. The number of benzene rings is 1. The van der Waals surface area contributed by atoms with Crippen LogP contribution in [0.3, 0.4) is 0 Å². The third-order valence-electron chi connectivity index (χ3n) is 6.12. The average Bonchev–Trinajstić information content (AvgIpc) is 2.69. The van der Waals surface area contributed by atoms with E-state index >= 15 is 0 Å². The predicted octanol–water partition coefficient (Wildman–Crippen LogP) is 3.83. The summed E-state index contributed by atoms with van der Waals surface area (Å²) in [4.78, 5) is 22.7. The zero-order valence-corrected chi connectivity index (χ0v) is 16.4. The highest BCUT2D eigenvalue weighted by Gasteiger charge is 2.24. The Morgan fingerprint density at radius 3 is 2.85 bits per heavy atom. The molecule has 0 spiro atoms. The zero-order chi connectivity index (χ0) is 18.8. The first-order chi connectivity index (χ1) is 13.1. The van der Waals surface area contributed by atoms with Gasteiger partial charge in [0.05, 0.1) is 5.69 Å². The Balaban J connectivity index is 1.47. The fourth-order valence-corrected chi connectivity index (χ4v) is 4.23. The molecule has 5 heteroatoms. The molecule has 2 aliphatic rings. The van der Waals surface area contributed by atoms with Crippen LogP contribution < -0.4 is 10.3 Å². The molecule has 2 heterocycles. The number of aromatic nitrogens is 2. The number of ether oxygens (including phenoxy) is 1. The van der Waals surface area contributed by atoms with E-state index in [-0.39, 0.29) is 5.56 Å². The maximum absolute atomic E-state index is 12.6. The predicted molar refractivity (Wildman–Crippen MR) is 106 cm³/mol. The molecule has 1 aliphatic carbocycles. The number of aromatic amines is 1. The molecular weight excluding hydrogens is 338 g/mol. The Bertz CT molecular complexity index is 868. The smallest absolute Gasteiger partial charge is 0.254 e. The number of aryl methyl sites for hydroxylation is 1. The topological polar surface area (TPSA) is 58.2 Å². The van der Waals surface area contributed by atoms with E-state index < -0.39 is 0 Å². The first-order valence-electron chi connectivity index (χ1n) is 10.1. The van der Waals surface area contributed by atoms with E-state index in [1.54, 1.807) is 0 Å². The quantitative estimate of drug-likeness (QED) is 0.892. The van der Waals surface area contributed by atoms with Crippen molar-refractivity contribution >= 4 is 0 Å². The molecule has 1 aliphatic heterocycles. The van der Waals surface area contributed by atoms with Gasteiger partial charge >= 0.3 is 0 Å². The fraction of sp³-hybridized carbons (Fsp3) is 0.545. The Morgan fingerprint density at radius 2 is 2.04 bits per heavy atom. The van der Waals surface area contributed by atoms with Crippen LogP contribution in [0.1, 0.15) is 66.2 Å². The maximum Gasteiger partial charge on any atom is 0.254 e. The Hall–Kier alpha value is -2.14. The summed E-state index contributed by atoms with van der Waals surface area (Å²) in [5, 5.41) is 0. The number of nitrogens with zero attached hydrogens (tertiary/aromatic N) is 2. The first-order valence-corrected chi connectivity index (χ1v) is 10.1. The Kier molecular flexibility index (Phi) is 5.30. The van der Waals surface area contributed by atoms with Crippen molar-refractivity contribution in [2.45, 2.75) is 64.8 Å². The van der Waals surface area contributed by atoms with Crippen LogP contribution in [0.5, 0.6) is 5.75 Å². The third-order valence-corrected chi connectivity index (χ3v) is 6.12. The molecule has 0 unspecified atom stereocenters. The van der Waals surface area contributed by atoms with Gasteiger partial charge < -0.3 is 9.72 Å². The van der Waals surface area contributed by atoms with Crippen LogP contribution in [0.15, 0.2) is 23.0 Å². The van der Waals surface area contributed by atoms with Crippen molar-refractivity contribution in [1.29, 1.82) is 0 Å². The lowest BCUT2D eigenvalue weighted by molar-refractivity contribution is 0.111. The minimum Gasteiger partial charge on any atom is -0.478 e. The van der Waals surface area contributed by atoms with Gasteiger partial charge in [0.15, 0.2) is 0 Å². The number of rotatable bonds is 4. The van der Waals surface area contributed by atoms with E-state index in [9.17, 15) is 4.79 Å². The molecule has 4 rings (SSSR count). The number of H-pyrrole nitrogens is 1. The third kappa shape index (κ3) is 3.93. The van der Waals surface area contributed by atoms with Crippen LogP contribution in [0.2, 0.25) is 0 Å². The van der Waals surface area contributed by atoms with Gasteiger partial charge in [-0.15, -0.1) is 0 Å². The summed E-state index contributed by atoms with van der Waals surface area (Å²) < 4.78 is 6.06. The van der Waals surface area contributed by atoms with E-state index in [1.165, 1.54) is 30.4 Å². The van der Waals surface area contributed by atoms with E-state index in [2.05, 4.69) is 29.8 Å². The molecule has 0 saturated heterocycles. The summed E-state index contributed by atoms with van der Waals surface area (Å²) in [5.41, 5.74) is 4.29. The second-order valence-corrected chi connectivity index (χ2v) is 7.99. The van der Waals surface area contributed by atoms with Crippen molar-refractivity contribution in [2.75, 3.05) is 13.3 Å². The Labute approximate surface area is 160 Å². The van der Waals surface area contributed by atoms with Gasteiger partial charge in [0.1, 0.15) is 18.3 Å². The van der Waals surface area contributed by atoms with Crippen LogP contribution in [0.25, 0.3) is 0 Å². The number of hydrogen-bond acceptors (Lipinski definition) is 4. The van der Waals surface area contributed by atoms with Gasteiger partial charge in [-0.1, -0.05) is 31.4 Å². The SMILES string of the molecule is Cc1cccc(OCN2CCc3c(nc(C4CCCCC4)[nH]c3=O)C2)c1C. The molecule has 0 radical (unpaired) electrons.